The van der Waals surface area contributed by atoms with E-state index in [0.29, 0.717) is 21.6 Å². The summed E-state index contributed by atoms with van der Waals surface area (Å²) in [5.74, 6) is -1.20. The molecule has 2 N–H and O–H groups in total. The summed E-state index contributed by atoms with van der Waals surface area (Å²) >= 11 is 1.10. The number of carbonyl (C=O) groups is 2. The molecule has 0 unspecified atom stereocenters. The maximum atomic E-state index is 13.6. The lowest BCUT2D eigenvalue weighted by molar-refractivity contribution is -0.140. The smallest absolute Gasteiger partial charge is 0.338 e. The summed E-state index contributed by atoms with van der Waals surface area (Å²) in [4.78, 5) is 40.2. The second-order valence-electron chi connectivity index (χ2n) is 8.69. The van der Waals surface area contributed by atoms with E-state index >= 15 is 0 Å². The van der Waals surface area contributed by atoms with Crippen LogP contribution in [0, 0.1) is 0 Å². The predicted molar refractivity (Wildman–Crippen MR) is 144 cm³/mol. The van der Waals surface area contributed by atoms with Gasteiger partial charge in [0.1, 0.15) is 22.0 Å². The Morgan fingerprint density at radius 2 is 1.50 bits per heavy atom. The summed E-state index contributed by atoms with van der Waals surface area (Å²) in [6.45, 7) is 3.44. The van der Waals surface area contributed by atoms with Gasteiger partial charge in [0.25, 0.3) is 5.56 Å². The number of esters is 2. The molecule has 0 aliphatic carbocycles. The largest absolute Gasteiger partial charge is 0.497 e. The van der Waals surface area contributed by atoms with Crippen LogP contribution in [0.5, 0.6) is 11.5 Å². The molecule has 0 spiro atoms. The molecule has 3 aromatic rings. The number of thiazole rings is 1. The third-order valence-electron chi connectivity index (χ3n) is 5.98. The highest BCUT2D eigenvalue weighted by molar-refractivity contribution is 7.07. The maximum Gasteiger partial charge on any atom is 0.338 e. The van der Waals surface area contributed by atoms with Crippen LogP contribution in [0.4, 0.5) is 0 Å². The number of ether oxygens (including phenoxy) is 4. The molecule has 1 aromatic heterocycles. The Bertz CT molecular complexity index is 1580. The van der Waals surface area contributed by atoms with E-state index in [1.54, 1.807) is 75.6 Å². The van der Waals surface area contributed by atoms with Crippen LogP contribution in [0.3, 0.4) is 0 Å². The van der Waals surface area contributed by atoms with Crippen molar-refractivity contribution >= 4 is 40.7 Å². The fourth-order valence-electron chi connectivity index (χ4n) is 4.21. The van der Waals surface area contributed by atoms with Crippen LogP contribution in [0.25, 0.3) is 17.5 Å². The van der Waals surface area contributed by atoms with E-state index in [2.05, 4.69) is 0 Å². The van der Waals surface area contributed by atoms with Gasteiger partial charge < -0.3 is 24.7 Å². The van der Waals surface area contributed by atoms with Gasteiger partial charge in [0.15, 0.2) is 0 Å². The van der Waals surface area contributed by atoms with Gasteiger partial charge in [-0.25, -0.2) is 9.59 Å². The number of nitrogens with two attached hydrogens (primary N) is 1. The molecule has 0 bridgehead atoms. The third-order valence-corrected chi connectivity index (χ3v) is 7.09. The van der Waals surface area contributed by atoms with Crippen molar-refractivity contribution in [2.24, 2.45) is 5.73 Å². The van der Waals surface area contributed by atoms with E-state index in [9.17, 15) is 14.4 Å². The minimum atomic E-state index is -0.938. The molecular weight excluding hydrogens is 508 g/mol. The molecule has 2 aromatic carbocycles. The number of hydrogen-bond donors (Lipinski definition) is 1. The molecule has 38 heavy (non-hydrogen) atoms. The number of benzene rings is 2. The number of hydrogen-bond acceptors (Lipinski definition) is 9. The van der Waals surface area contributed by atoms with Crippen LogP contribution >= 0.6 is 11.3 Å². The lowest BCUT2D eigenvalue weighted by atomic mass is 9.83. The molecule has 198 valence electrons. The van der Waals surface area contributed by atoms with Crippen LogP contribution in [-0.2, 0) is 19.1 Å². The Morgan fingerprint density at radius 3 is 2.03 bits per heavy atom. The van der Waals surface area contributed by atoms with Crippen LogP contribution < -0.4 is 30.0 Å². The topological polar surface area (TPSA) is 119 Å². The summed E-state index contributed by atoms with van der Waals surface area (Å²) in [7, 11) is 4.32. The Balaban J connectivity index is 2.07. The second kappa shape index (κ2) is 11.0. The van der Waals surface area contributed by atoms with Gasteiger partial charge in [0.05, 0.1) is 49.0 Å². The molecule has 9 nitrogen and oxygen atoms in total. The monoisotopic (exact) mass is 536 g/mol. The molecule has 0 radical (unpaired) electrons. The molecule has 0 amide bonds. The van der Waals surface area contributed by atoms with Crippen molar-refractivity contribution in [1.82, 2.24) is 4.57 Å². The first-order chi connectivity index (χ1) is 18.2. The minimum Gasteiger partial charge on any atom is -0.497 e. The summed E-state index contributed by atoms with van der Waals surface area (Å²) in [6, 6.07) is 14.0. The Morgan fingerprint density at radius 1 is 0.921 bits per heavy atom. The number of rotatable bonds is 7. The van der Waals surface area contributed by atoms with E-state index in [-0.39, 0.29) is 21.6 Å². The van der Waals surface area contributed by atoms with Crippen molar-refractivity contribution in [2.75, 3.05) is 21.3 Å². The number of aromatic nitrogens is 1. The van der Waals surface area contributed by atoms with Gasteiger partial charge in [-0.15, -0.1) is 11.3 Å². The zero-order valence-corrected chi connectivity index (χ0v) is 22.5. The summed E-state index contributed by atoms with van der Waals surface area (Å²) in [6.07, 6.45) is 1.25. The molecule has 4 rings (SSSR count). The van der Waals surface area contributed by atoms with E-state index < -0.39 is 29.5 Å². The Hall–Kier alpha value is -4.31. The van der Waals surface area contributed by atoms with Gasteiger partial charge >= 0.3 is 11.9 Å². The standard InChI is InChI=1S/C28H28N2O7S/c1-15(2)37-28(33)23-21(17-8-12-19(35-4)13-9-17)22(27(32)36-5)24(29)30-25(31)20(38-26(23)30)14-16-6-10-18(34-3)11-7-16/h6-15,21H,29H2,1-5H3/b20-14-/t21-/m0/s1. The zero-order chi connectivity index (χ0) is 27.6. The first-order valence-corrected chi connectivity index (χ1v) is 12.6. The molecule has 2 heterocycles. The summed E-state index contributed by atoms with van der Waals surface area (Å²) in [5, 5.41) is 0. The van der Waals surface area contributed by atoms with E-state index in [1.807, 2.05) is 0 Å². The fraction of sp³-hybridized carbons (Fsp3) is 0.250. The first-order valence-electron chi connectivity index (χ1n) is 11.7. The predicted octanol–water partition coefficient (Wildman–Crippen LogP) is 1.96. The van der Waals surface area contributed by atoms with Gasteiger partial charge in [0.2, 0.25) is 0 Å². The van der Waals surface area contributed by atoms with Crippen LogP contribution in [0.1, 0.15) is 30.9 Å². The summed E-state index contributed by atoms with van der Waals surface area (Å²) in [5.41, 5.74) is 7.44. The van der Waals surface area contributed by atoms with Crippen molar-refractivity contribution < 1.29 is 28.5 Å². The van der Waals surface area contributed by atoms with Crippen molar-refractivity contribution in [2.45, 2.75) is 25.9 Å². The van der Waals surface area contributed by atoms with Gasteiger partial charge in [-0.1, -0.05) is 24.3 Å². The van der Waals surface area contributed by atoms with Crippen molar-refractivity contribution in [3.63, 3.8) is 0 Å². The summed E-state index contributed by atoms with van der Waals surface area (Å²) < 4.78 is 22.9. The molecular formula is C28H28N2O7S. The average Bonchev–Trinajstić information content (AvgIpc) is 3.23. The fourth-order valence-corrected chi connectivity index (χ4v) is 5.38. The van der Waals surface area contributed by atoms with Gasteiger partial charge in [-0.3, -0.25) is 9.36 Å². The van der Waals surface area contributed by atoms with Crippen molar-refractivity contribution in [3.05, 3.63) is 84.8 Å². The molecule has 1 aliphatic heterocycles. The molecule has 1 atom stereocenters. The molecule has 10 heteroatoms. The molecule has 0 saturated carbocycles. The van der Waals surface area contributed by atoms with Gasteiger partial charge in [0, 0.05) is 0 Å². The quantitative estimate of drug-likeness (QED) is 0.455. The third kappa shape index (κ3) is 4.95. The number of nitrogens with zero attached hydrogens (tertiary/aromatic N) is 1. The normalized spacial score (nSPS) is 15.4. The van der Waals surface area contributed by atoms with Gasteiger partial charge in [-0.2, -0.15) is 0 Å². The zero-order valence-electron chi connectivity index (χ0n) is 21.6. The maximum absolute atomic E-state index is 13.6. The van der Waals surface area contributed by atoms with Crippen LogP contribution in [0.15, 0.2) is 58.9 Å². The highest BCUT2D eigenvalue weighted by atomic mass is 32.1. The highest BCUT2D eigenvalue weighted by Gasteiger charge is 2.40. The van der Waals surface area contributed by atoms with E-state index in [1.165, 1.54) is 18.8 Å². The number of carbonyl (C=O) groups excluding carboxylic acids is 2. The van der Waals surface area contributed by atoms with E-state index in [0.717, 1.165) is 16.9 Å². The number of fused-ring (bicyclic) bond motifs is 1. The molecule has 1 aliphatic rings. The van der Waals surface area contributed by atoms with E-state index in [4.69, 9.17) is 24.7 Å². The molecule has 0 fully saturated rings. The van der Waals surface area contributed by atoms with Crippen molar-refractivity contribution in [3.8, 4) is 11.5 Å². The first kappa shape index (κ1) is 26.7. The lowest BCUT2D eigenvalue weighted by Crippen LogP contribution is -2.42. The minimum absolute atomic E-state index is 0.0308. The second-order valence-corrected chi connectivity index (χ2v) is 9.72. The SMILES string of the molecule is COC(=O)C1=C(N)n2c(s/c(=C\c3ccc(OC)cc3)c2=O)=C(C(=O)OC(C)C)[C@H]1c1ccc(OC)cc1. The van der Waals surface area contributed by atoms with Crippen LogP contribution in [-0.4, -0.2) is 43.9 Å². The average molecular weight is 537 g/mol. The van der Waals surface area contributed by atoms with Crippen LogP contribution in [0.2, 0.25) is 0 Å². The number of methoxy groups -OCH3 is 3. The lowest BCUT2D eigenvalue weighted by Gasteiger charge is -2.27. The Kier molecular flexibility index (Phi) is 7.72. The van der Waals surface area contributed by atoms with Crippen molar-refractivity contribution in [1.29, 1.82) is 0 Å². The highest BCUT2D eigenvalue weighted by Crippen LogP contribution is 2.38. The Labute approximate surface area is 223 Å². The van der Waals surface area contributed by atoms with Gasteiger partial charge in [-0.05, 0) is 55.3 Å². The molecule has 0 saturated heterocycles.